The standard InChI is InChI=1S/C23H21N3O/c1-15-4-5-20(12-16(15)2)18-6-8-19(9-7-18)23-24-21-10-11-26(13-17(3)27)14-22(21)25-23/h4-12,14H,13H2,1-3H3. The number of ketones is 1. The second kappa shape index (κ2) is 6.80. The second-order valence-corrected chi connectivity index (χ2v) is 7.01. The van der Waals surface area contributed by atoms with Gasteiger partial charge < -0.3 is 4.57 Å². The van der Waals surface area contributed by atoms with Crippen molar-refractivity contribution in [1.82, 2.24) is 14.5 Å². The fourth-order valence-electron chi connectivity index (χ4n) is 3.17. The van der Waals surface area contributed by atoms with E-state index in [2.05, 4.69) is 66.3 Å². The Kier molecular flexibility index (Phi) is 4.32. The van der Waals surface area contributed by atoms with Gasteiger partial charge in [-0.25, -0.2) is 9.97 Å². The predicted octanol–water partition coefficient (Wildman–Crippen LogP) is 4.92. The Morgan fingerprint density at radius 3 is 2.22 bits per heavy atom. The minimum Gasteiger partial charge on any atom is -0.345 e. The quantitative estimate of drug-likeness (QED) is 0.522. The Bertz CT molecular complexity index is 1090. The van der Waals surface area contributed by atoms with Crippen LogP contribution < -0.4 is 0 Å². The molecule has 2 aromatic rings. The van der Waals surface area contributed by atoms with Crippen LogP contribution in [0.5, 0.6) is 0 Å². The highest BCUT2D eigenvalue weighted by atomic mass is 16.1. The average molecular weight is 355 g/mol. The summed E-state index contributed by atoms with van der Waals surface area (Å²) >= 11 is 0. The fourth-order valence-corrected chi connectivity index (χ4v) is 3.17. The largest absolute Gasteiger partial charge is 0.345 e. The van der Waals surface area contributed by atoms with Crippen LogP contribution in [0.2, 0.25) is 0 Å². The summed E-state index contributed by atoms with van der Waals surface area (Å²) in [6, 6.07) is 16.8. The maximum atomic E-state index is 11.3. The average Bonchev–Trinajstić information content (AvgIpc) is 3.07. The van der Waals surface area contributed by atoms with E-state index in [9.17, 15) is 4.79 Å². The molecular formula is C23H21N3O. The molecule has 0 N–H and O–H groups in total. The Labute approximate surface area is 158 Å². The first-order valence-corrected chi connectivity index (χ1v) is 9.00. The molecule has 134 valence electrons. The van der Waals surface area contributed by atoms with Crippen LogP contribution in [0.15, 0.2) is 60.9 Å². The van der Waals surface area contributed by atoms with Gasteiger partial charge in [-0.2, -0.15) is 0 Å². The van der Waals surface area contributed by atoms with Gasteiger partial charge in [0.2, 0.25) is 0 Å². The smallest absolute Gasteiger partial charge is 0.160 e. The zero-order chi connectivity index (χ0) is 19.0. The number of carbonyl (C=O) groups excluding carboxylic acids is 1. The summed E-state index contributed by atoms with van der Waals surface area (Å²) in [5, 5.41) is 0. The van der Waals surface area contributed by atoms with Crippen molar-refractivity contribution in [2.75, 3.05) is 0 Å². The van der Waals surface area contributed by atoms with Gasteiger partial charge in [-0.05, 0) is 49.1 Å². The third-order valence-corrected chi connectivity index (χ3v) is 4.82. The molecule has 2 aliphatic rings. The number of pyridine rings is 1. The minimum atomic E-state index is 0.112. The highest BCUT2D eigenvalue weighted by Gasteiger charge is 2.13. The van der Waals surface area contributed by atoms with Gasteiger partial charge in [0.1, 0.15) is 11.5 Å². The molecule has 0 saturated heterocycles. The lowest BCUT2D eigenvalue weighted by atomic mass is 9.99. The molecule has 4 heteroatoms. The van der Waals surface area contributed by atoms with Gasteiger partial charge in [-0.3, -0.25) is 4.79 Å². The van der Waals surface area contributed by atoms with E-state index in [0.717, 1.165) is 17.0 Å². The number of benzene rings is 2. The summed E-state index contributed by atoms with van der Waals surface area (Å²) in [6.45, 7) is 6.19. The van der Waals surface area contributed by atoms with Gasteiger partial charge in [0.15, 0.2) is 5.82 Å². The van der Waals surface area contributed by atoms with Crippen molar-refractivity contribution >= 4 is 5.78 Å². The summed E-state index contributed by atoms with van der Waals surface area (Å²) in [4.78, 5) is 20.6. The first-order valence-electron chi connectivity index (χ1n) is 9.00. The highest BCUT2D eigenvalue weighted by Crippen LogP contribution is 2.28. The maximum absolute atomic E-state index is 11.3. The number of carbonyl (C=O) groups is 1. The third kappa shape index (κ3) is 3.51. The van der Waals surface area contributed by atoms with Crippen molar-refractivity contribution < 1.29 is 4.79 Å². The Morgan fingerprint density at radius 2 is 1.52 bits per heavy atom. The lowest BCUT2D eigenvalue weighted by molar-refractivity contribution is -0.117. The van der Waals surface area contributed by atoms with E-state index in [1.165, 1.54) is 22.3 Å². The number of fused-ring (bicyclic) bond motifs is 1. The molecule has 0 saturated carbocycles. The second-order valence-electron chi connectivity index (χ2n) is 7.01. The zero-order valence-electron chi connectivity index (χ0n) is 15.7. The Hall–Kier alpha value is -3.27. The summed E-state index contributed by atoms with van der Waals surface area (Å²) in [6.07, 6.45) is 3.74. The monoisotopic (exact) mass is 355 g/mol. The lowest BCUT2D eigenvalue weighted by Crippen LogP contribution is -2.06. The van der Waals surface area contributed by atoms with Crippen molar-refractivity contribution in [3.05, 3.63) is 72.1 Å². The SMILES string of the molecule is CC(=O)Cn1ccc2nc(-c3ccc(-c4ccc(C)c(C)c4)cc3)nc-2c1. The molecule has 0 aliphatic carbocycles. The van der Waals surface area contributed by atoms with Crippen molar-refractivity contribution in [2.24, 2.45) is 0 Å². The molecule has 0 amide bonds. The number of hydrogen-bond donors (Lipinski definition) is 0. The summed E-state index contributed by atoms with van der Waals surface area (Å²) in [7, 11) is 0. The fraction of sp³-hybridized carbons (Fsp3) is 0.174. The van der Waals surface area contributed by atoms with Crippen LogP contribution >= 0.6 is 0 Å². The predicted molar refractivity (Wildman–Crippen MR) is 108 cm³/mol. The maximum Gasteiger partial charge on any atom is 0.160 e. The van der Waals surface area contributed by atoms with Crippen molar-refractivity contribution in [3.8, 4) is 33.9 Å². The summed E-state index contributed by atoms with van der Waals surface area (Å²) in [5.41, 5.74) is 7.60. The summed E-state index contributed by atoms with van der Waals surface area (Å²) < 4.78 is 1.84. The van der Waals surface area contributed by atoms with Crippen LogP contribution in [-0.4, -0.2) is 20.3 Å². The molecule has 0 fully saturated rings. The van der Waals surface area contributed by atoms with E-state index < -0.39 is 0 Å². The topological polar surface area (TPSA) is 47.8 Å². The Morgan fingerprint density at radius 1 is 0.852 bits per heavy atom. The van der Waals surface area contributed by atoms with Crippen LogP contribution in [0, 0.1) is 13.8 Å². The van der Waals surface area contributed by atoms with Gasteiger partial charge >= 0.3 is 0 Å². The number of rotatable bonds is 4. The van der Waals surface area contributed by atoms with Gasteiger partial charge in [-0.1, -0.05) is 42.5 Å². The van der Waals surface area contributed by atoms with Crippen LogP contribution in [-0.2, 0) is 11.3 Å². The minimum absolute atomic E-state index is 0.112. The van der Waals surface area contributed by atoms with Crippen LogP contribution in [0.3, 0.4) is 0 Å². The van der Waals surface area contributed by atoms with Gasteiger partial charge in [-0.15, -0.1) is 0 Å². The molecule has 4 nitrogen and oxygen atoms in total. The Balaban J connectivity index is 1.64. The molecule has 0 radical (unpaired) electrons. The molecule has 0 aromatic heterocycles. The first-order chi connectivity index (χ1) is 13.0. The zero-order valence-corrected chi connectivity index (χ0v) is 15.7. The molecule has 4 rings (SSSR count). The van der Waals surface area contributed by atoms with E-state index in [1.54, 1.807) is 6.92 Å². The number of imidazole rings is 1. The van der Waals surface area contributed by atoms with Crippen molar-refractivity contribution in [1.29, 1.82) is 0 Å². The number of aromatic nitrogens is 3. The number of Topliss-reactive ketones (excluding diaryl/α,β-unsaturated/α-hetero) is 1. The molecule has 2 heterocycles. The van der Waals surface area contributed by atoms with Gasteiger partial charge in [0, 0.05) is 18.0 Å². The van der Waals surface area contributed by atoms with E-state index >= 15 is 0 Å². The number of aryl methyl sites for hydroxylation is 2. The molecule has 27 heavy (non-hydrogen) atoms. The normalized spacial score (nSPS) is 11.1. The van der Waals surface area contributed by atoms with E-state index in [1.807, 2.05) is 23.0 Å². The molecule has 0 atom stereocenters. The number of hydrogen-bond acceptors (Lipinski definition) is 3. The molecule has 2 aromatic carbocycles. The molecular weight excluding hydrogens is 334 g/mol. The van der Waals surface area contributed by atoms with Gasteiger partial charge in [0.05, 0.1) is 12.2 Å². The van der Waals surface area contributed by atoms with E-state index in [4.69, 9.17) is 0 Å². The number of nitrogens with zero attached hydrogens (tertiary/aromatic N) is 3. The van der Waals surface area contributed by atoms with Crippen molar-refractivity contribution in [2.45, 2.75) is 27.3 Å². The lowest BCUT2D eigenvalue weighted by Gasteiger charge is -2.06. The van der Waals surface area contributed by atoms with Crippen LogP contribution in [0.25, 0.3) is 33.9 Å². The van der Waals surface area contributed by atoms with E-state index in [0.29, 0.717) is 12.4 Å². The summed E-state index contributed by atoms with van der Waals surface area (Å²) in [5.74, 6) is 0.818. The van der Waals surface area contributed by atoms with E-state index in [-0.39, 0.29) is 5.78 Å². The van der Waals surface area contributed by atoms with Gasteiger partial charge in [0.25, 0.3) is 0 Å². The van der Waals surface area contributed by atoms with Crippen molar-refractivity contribution in [3.63, 3.8) is 0 Å². The van der Waals surface area contributed by atoms with Crippen LogP contribution in [0.1, 0.15) is 18.1 Å². The van der Waals surface area contributed by atoms with Crippen LogP contribution in [0.4, 0.5) is 0 Å². The third-order valence-electron chi connectivity index (χ3n) is 4.82. The highest BCUT2D eigenvalue weighted by molar-refractivity contribution is 5.75. The molecule has 0 spiro atoms. The molecule has 2 aliphatic heterocycles. The molecule has 0 bridgehead atoms. The first kappa shape index (κ1) is 17.2. The molecule has 0 unspecified atom stereocenters.